The van der Waals surface area contributed by atoms with Gasteiger partial charge in [0.25, 0.3) is 0 Å². The molecule has 0 saturated carbocycles. The Morgan fingerprint density at radius 1 is 1.44 bits per heavy atom. The van der Waals surface area contributed by atoms with Crippen LogP contribution < -0.4 is 10.1 Å². The molecule has 0 spiro atoms. The lowest BCUT2D eigenvalue weighted by Crippen LogP contribution is -2.24. The van der Waals surface area contributed by atoms with Crippen molar-refractivity contribution < 1.29 is 14.6 Å². The number of ether oxygens (including phenoxy) is 1. The minimum absolute atomic E-state index is 0.0284. The normalized spacial score (nSPS) is 9.88. The zero-order valence-corrected chi connectivity index (χ0v) is 9.62. The highest BCUT2D eigenvalue weighted by molar-refractivity contribution is 5.75. The van der Waals surface area contributed by atoms with E-state index < -0.39 is 0 Å². The molecule has 0 aliphatic heterocycles. The zero-order chi connectivity index (χ0) is 12.0. The predicted molar refractivity (Wildman–Crippen MR) is 61.6 cm³/mol. The van der Waals surface area contributed by atoms with Gasteiger partial charge in [-0.1, -0.05) is 0 Å². The van der Waals surface area contributed by atoms with E-state index in [1.165, 1.54) is 6.07 Å². The smallest absolute Gasteiger partial charge is 0.223 e. The van der Waals surface area contributed by atoms with Crippen LogP contribution in [0.15, 0.2) is 18.2 Å². The van der Waals surface area contributed by atoms with Gasteiger partial charge in [0.2, 0.25) is 5.91 Å². The number of carbonyl (C=O) groups excluding carboxylic acids is 1. The Morgan fingerprint density at radius 2 is 2.19 bits per heavy atom. The molecule has 0 aliphatic rings. The molecule has 1 aromatic rings. The molecule has 0 radical (unpaired) electrons. The van der Waals surface area contributed by atoms with Crippen molar-refractivity contribution in [3.05, 3.63) is 23.8 Å². The highest BCUT2D eigenvalue weighted by Crippen LogP contribution is 2.21. The van der Waals surface area contributed by atoms with E-state index in [-0.39, 0.29) is 11.7 Å². The van der Waals surface area contributed by atoms with Crippen molar-refractivity contribution in [3.8, 4) is 11.5 Å². The lowest BCUT2D eigenvalue weighted by molar-refractivity contribution is -0.121. The Morgan fingerprint density at radius 3 is 2.81 bits per heavy atom. The third kappa shape index (κ3) is 4.21. The summed E-state index contributed by atoms with van der Waals surface area (Å²) in [6.45, 7) is 4.69. The summed E-state index contributed by atoms with van der Waals surface area (Å²) >= 11 is 0. The van der Waals surface area contributed by atoms with Crippen LogP contribution in [0, 0.1) is 6.92 Å². The number of benzene rings is 1. The van der Waals surface area contributed by atoms with E-state index in [4.69, 9.17) is 4.74 Å². The number of phenolic OH excluding ortho intramolecular Hbond substituents is 1. The summed E-state index contributed by atoms with van der Waals surface area (Å²) in [7, 11) is 0. The molecule has 16 heavy (non-hydrogen) atoms. The summed E-state index contributed by atoms with van der Waals surface area (Å²) in [6.07, 6.45) is 0.322. The summed E-state index contributed by atoms with van der Waals surface area (Å²) in [5.74, 6) is 0.731. The van der Waals surface area contributed by atoms with Crippen LogP contribution in [0.3, 0.4) is 0 Å². The Labute approximate surface area is 95.2 Å². The third-order valence-electron chi connectivity index (χ3n) is 2.01. The number of hydrogen-bond acceptors (Lipinski definition) is 3. The second kappa shape index (κ2) is 6.00. The third-order valence-corrected chi connectivity index (χ3v) is 2.01. The number of carbonyl (C=O) groups is 1. The molecular weight excluding hydrogens is 206 g/mol. The topological polar surface area (TPSA) is 58.6 Å². The van der Waals surface area contributed by atoms with Crippen LogP contribution in [0.5, 0.6) is 11.5 Å². The lowest BCUT2D eigenvalue weighted by Gasteiger charge is -2.07. The van der Waals surface area contributed by atoms with E-state index in [9.17, 15) is 9.90 Å². The second-order valence-electron chi connectivity index (χ2n) is 3.56. The van der Waals surface area contributed by atoms with Gasteiger partial charge in [-0.05, 0) is 31.5 Å². The van der Waals surface area contributed by atoms with Crippen molar-refractivity contribution >= 4 is 5.91 Å². The van der Waals surface area contributed by atoms with E-state index >= 15 is 0 Å². The quantitative estimate of drug-likeness (QED) is 0.797. The van der Waals surface area contributed by atoms with Gasteiger partial charge >= 0.3 is 0 Å². The van der Waals surface area contributed by atoms with E-state index in [0.29, 0.717) is 25.3 Å². The molecular formula is C12H17NO3. The molecule has 88 valence electrons. The van der Waals surface area contributed by atoms with E-state index in [1.807, 2.05) is 19.9 Å². The van der Waals surface area contributed by atoms with Gasteiger partial charge in [-0.25, -0.2) is 0 Å². The first kappa shape index (κ1) is 12.4. The van der Waals surface area contributed by atoms with Crippen LogP contribution in [-0.4, -0.2) is 24.2 Å². The molecule has 0 fully saturated rings. The number of nitrogens with one attached hydrogen (secondary N) is 1. The summed E-state index contributed by atoms with van der Waals surface area (Å²) < 4.78 is 5.36. The molecule has 4 heteroatoms. The van der Waals surface area contributed by atoms with Crippen molar-refractivity contribution in [2.75, 3.05) is 13.2 Å². The first-order valence-corrected chi connectivity index (χ1v) is 5.32. The van der Waals surface area contributed by atoms with Crippen LogP contribution in [0.1, 0.15) is 18.9 Å². The number of hydrogen-bond donors (Lipinski definition) is 2. The molecule has 2 N–H and O–H groups in total. The maximum absolute atomic E-state index is 11.1. The van der Waals surface area contributed by atoms with Crippen LogP contribution >= 0.6 is 0 Å². The molecule has 0 unspecified atom stereocenters. The SMILES string of the molecule is CCNC(=O)CCOc1cc(C)cc(O)c1. The summed E-state index contributed by atoms with van der Waals surface area (Å²) in [6, 6.07) is 5.00. The fraction of sp³-hybridized carbons (Fsp3) is 0.417. The minimum Gasteiger partial charge on any atom is -0.508 e. The molecule has 0 aliphatic carbocycles. The highest BCUT2D eigenvalue weighted by atomic mass is 16.5. The Balaban J connectivity index is 2.40. The van der Waals surface area contributed by atoms with Gasteiger partial charge in [-0.15, -0.1) is 0 Å². The average Bonchev–Trinajstić information content (AvgIpc) is 2.16. The molecule has 1 rings (SSSR count). The van der Waals surface area contributed by atoms with Gasteiger partial charge in [0.05, 0.1) is 13.0 Å². The number of phenols is 1. The van der Waals surface area contributed by atoms with E-state index in [2.05, 4.69) is 5.32 Å². The lowest BCUT2D eigenvalue weighted by atomic mass is 10.2. The average molecular weight is 223 g/mol. The number of amides is 1. The van der Waals surface area contributed by atoms with Crippen molar-refractivity contribution in [1.29, 1.82) is 0 Å². The van der Waals surface area contributed by atoms with Crippen LogP contribution in [0.25, 0.3) is 0 Å². The summed E-state index contributed by atoms with van der Waals surface area (Å²) in [5, 5.41) is 12.0. The minimum atomic E-state index is -0.0284. The molecule has 0 atom stereocenters. The van der Waals surface area contributed by atoms with Crippen molar-refractivity contribution in [3.63, 3.8) is 0 Å². The van der Waals surface area contributed by atoms with Gasteiger partial charge in [-0.3, -0.25) is 4.79 Å². The van der Waals surface area contributed by atoms with E-state index in [0.717, 1.165) is 5.56 Å². The van der Waals surface area contributed by atoms with Gasteiger partial charge in [0.15, 0.2) is 0 Å². The molecule has 1 amide bonds. The maximum Gasteiger partial charge on any atom is 0.223 e. The fourth-order valence-corrected chi connectivity index (χ4v) is 1.36. The van der Waals surface area contributed by atoms with Crippen molar-refractivity contribution in [2.24, 2.45) is 0 Å². The molecule has 0 aromatic heterocycles. The zero-order valence-electron chi connectivity index (χ0n) is 9.62. The number of aromatic hydroxyl groups is 1. The van der Waals surface area contributed by atoms with Crippen LogP contribution in [0.4, 0.5) is 0 Å². The molecule has 1 aromatic carbocycles. The van der Waals surface area contributed by atoms with Crippen molar-refractivity contribution in [1.82, 2.24) is 5.32 Å². The van der Waals surface area contributed by atoms with Crippen LogP contribution in [0.2, 0.25) is 0 Å². The Kier molecular flexibility index (Phi) is 4.64. The number of rotatable bonds is 5. The first-order chi connectivity index (χ1) is 7.61. The highest BCUT2D eigenvalue weighted by Gasteiger charge is 2.01. The van der Waals surface area contributed by atoms with E-state index in [1.54, 1.807) is 6.07 Å². The number of aryl methyl sites for hydroxylation is 1. The van der Waals surface area contributed by atoms with Gasteiger partial charge in [0, 0.05) is 12.6 Å². The van der Waals surface area contributed by atoms with Gasteiger partial charge in [-0.2, -0.15) is 0 Å². The molecule has 0 saturated heterocycles. The van der Waals surface area contributed by atoms with Gasteiger partial charge in [0.1, 0.15) is 11.5 Å². The molecule has 0 heterocycles. The standard InChI is InChI=1S/C12H17NO3/c1-3-13-12(15)4-5-16-11-7-9(2)6-10(14)8-11/h6-8,14H,3-5H2,1-2H3,(H,13,15). The van der Waals surface area contributed by atoms with Crippen molar-refractivity contribution in [2.45, 2.75) is 20.3 Å². The Bertz CT molecular complexity index is 343. The van der Waals surface area contributed by atoms with Gasteiger partial charge < -0.3 is 15.2 Å². The first-order valence-electron chi connectivity index (χ1n) is 5.32. The predicted octanol–water partition coefficient (Wildman–Crippen LogP) is 1.61. The largest absolute Gasteiger partial charge is 0.508 e. The monoisotopic (exact) mass is 223 g/mol. The maximum atomic E-state index is 11.1. The van der Waals surface area contributed by atoms with Crippen LogP contribution in [-0.2, 0) is 4.79 Å². The summed E-state index contributed by atoms with van der Waals surface area (Å²) in [5.41, 5.74) is 0.924. The molecule has 0 bridgehead atoms. The summed E-state index contributed by atoms with van der Waals surface area (Å²) in [4.78, 5) is 11.1. The second-order valence-corrected chi connectivity index (χ2v) is 3.56. The fourth-order valence-electron chi connectivity index (χ4n) is 1.36. The Hall–Kier alpha value is -1.71. The molecule has 4 nitrogen and oxygen atoms in total.